The summed E-state index contributed by atoms with van der Waals surface area (Å²) in [5.41, 5.74) is 0. The van der Waals surface area contributed by atoms with Crippen molar-refractivity contribution < 1.29 is 24.2 Å². The van der Waals surface area contributed by atoms with E-state index in [0.29, 0.717) is 12.8 Å². The molecule has 0 aromatic rings. The Morgan fingerprint density at radius 3 is 1.00 bits per heavy atom. The third-order valence-electron chi connectivity index (χ3n) is 11.1. The van der Waals surface area contributed by atoms with E-state index in [1.807, 2.05) is 0 Å². The quantitative estimate of drug-likeness (QED) is 0.0380. The zero-order valence-corrected chi connectivity index (χ0v) is 36.5. The van der Waals surface area contributed by atoms with Crippen LogP contribution in [0.1, 0.15) is 271 Å². The Morgan fingerprint density at radius 1 is 0.407 bits per heavy atom. The fraction of sp³-hybridized carbons (Fsp3) is 0.918. The number of carbonyl (C=O) groups is 2. The van der Waals surface area contributed by atoms with E-state index in [9.17, 15) is 14.7 Å². The predicted octanol–water partition coefficient (Wildman–Crippen LogP) is 15.6. The molecule has 1 unspecified atom stereocenters. The molecule has 1 N–H and O–H groups in total. The summed E-state index contributed by atoms with van der Waals surface area (Å²) < 4.78 is 10.7. The molecular formula is C49H94O5. The van der Waals surface area contributed by atoms with Crippen molar-refractivity contribution in [2.75, 3.05) is 13.2 Å². The van der Waals surface area contributed by atoms with Crippen LogP contribution in [0.3, 0.4) is 0 Å². The normalized spacial score (nSPS) is 12.1. The SMILES string of the molecule is CCCCCCCCC/C=C\CCCCCCCC(=O)OC(CO)COC(=O)CCCCCCCCCCCCCCCCCCCCCCCCCC. The minimum Gasteiger partial charge on any atom is -0.462 e. The maximum absolute atomic E-state index is 12.2. The highest BCUT2D eigenvalue weighted by Gasteiger charge is 2.16. The van der Waals surface area contributed by atoms with Crippen LogP contribution in [0.25, 0.3) is 0 Å². The number of aliphatic hydroxyl groups is 1. The Balaban J connectivity index is 3.44. The molecule has 0 aliphatic carbocycles. The van der Waals surface area contributed by atoms with Crippen LogP contribution >= 0.6 is 0 Å². The molecule has 0 heterocycles. The van der Waals surface area contributed by atoms with Crippen LogP contribution in [0.2, 0.25) is 0 Å². The number of hydrogen-bond donors (Lipinski definition) is 1. The molecule has 0 saturated carbocycles. The van der Waals surface area contributed by atoms with Crippen LogP contribution < -0.4 is 0 Å². The van der Waals surface area contributed by atoms with E-state index in [2.05, 4.69) is 26.0 Å². The maximum atomic E-state index is 12.2. The molecule has 0 aliphatic heterocycles. The molecule has 54 heavy (non-hydrogen) atoms. The Morgan fingerprint density at radius 2 is 0.685 bits per heavy atom. The molecule has 0 aromatic carbocycles. The second-order valence-corrected chi connectivity index (χ2v) is 16.5. The van der Waals surface area contributed by atoms with Crippen molar-refractivity contribution in [3.8, 4) is 0 Å². The highest BCUT2D eigenvalue weighted by atomic mass is 16.6. The summed E-state index contributed by atoms with van der Waals surface area (Å²) in [4.78, 5) is 24.4. The molecule has 0 amide bonds. The van der Waals surface area contributed by atoms with Crippen molar-refractivity contribution >= 4 is 11.9 Å². The minimum absolute atomic E-state index is 0.0625. The number of hydrogen-bond acceptors (Lipinski definition) is 5. The molecule has 320 valence electrons. The fourth-order valence-electron chi connectivity index (χ4n) is 7.38. The second-order valence-electron chi connectivity index (χ2n) is 16.5. The first kappa shape index (κ1) is 52.6. The van der Waals surface area contributed by atoms with Crippen LogP contribution in [-0.4, -0.2) is 36.4 Å². The molecule has 0 fully saturated rings. The topological polar surface area (TPSA) is 72.8 Å². The van der Waals surface area contributed by atoms with Crippen LogP contribution in [0, 0.1) is 0 Å². The molecule has 0 radical (unpaired) electrons. The molecule has 5 nitrogen and oxygen atoms in total. The van der Waals surface area contributed by atoms with Gasteiger partial charge in [-0.05, 0) is 38.5 Å². The average Bonchev–Trinajstić information content (AvgIpc) is 3.17. The average molecular weight is 763 g/mol. The summed E-state index contributed by atoms with van der Waals surface area (Å²) in [5, 5.41) is 9.60. The third-order valence-corrected chi connectivity index (χ3v) is 11.1. The van der Waals surface area contributed by atoms with Gasteiger partial charge in [-0.15, -0.1) is 0 Å². The van der Waals surface area contributed by atoms with Gasteiger partial charge in [0.1, 0.15) is 6.61 Å². The van der Waals surface area contributed by atoms with E-state index in [1.165, 1.54) is 205 Å². The summed E-state index contributed by atoms with van der Waals surface area (Å²) in [6, 6.07) is 0. The zero-order valence-electron chi connectivity index (χ0n) is 36.5. The first-order valence-electron chi connectivity index (χ1n) is 24.2. The maximum Gasteiger partial charge on any atom is 0.306 e. The predicted molar refractivity (Wildman–Crippen MR) is 233 cm³/mol. The van der Waals surface area contributed by atoms with E-state index in [1.54, 1.807) is 0 Å². The van der Waals surface area contributed by atoms with Crippen molar-refractivity contribution in [1.82, 2.24) is 0 Å². The molecular weight excluding hydrogens is 669 g/mol. The van der Waals surface area contributed by atoms with Crippen LogP contribution in [0.15, 0.2) is 12.2 Å². The van der Waals surface area contributed by atoms with Gasteiger partial charge in [-0.25, -0.2) is 0 Å². The molecule has 5 heteroatoms. The standard InChI is InChI=1S/C49H94O5/c1-3-5-7-9-11-13-15-17-19-21-22-23-24-25-26-27-28-30-31-33-35-37-39-41-43-48(51)53-46-47(45-50)54-49(52)44-42-40-38-36-34-32-29-20-18-16-14-12-10-8-6-4-2/h20,29,47,50H,3-19,21-28,30-46H2,1-2H3/b29-20-. The number of carbonyl (C=O) groups excluding carboxylic acids is 2. The van der Waals surface area contributed by atoms with Crippen molar-refractivity contribution in [2.45, 2.75) is 277 Å². The molecule has 0 bridgehead atoms. The minimum atomic E-state index is -0.770. The number of allylic oxidation sites excluding steroid dienone is 2. The summed E-state index contributed by atoms with van der Waals surface area (Å²) >= 11 is 0. The highest BCUT2D eigenvalue weighted by Crippen LogP contribution is 2.17. The summed E-state index contributed by atoms with van der Waals surface area (Å²) in [5.74, 6) is -0.584. The van der Waals surface area contributed by atoms with Crippen LogP contribution in [0.5, 0.6) is 0 Å². The number of ether oxygens (including phenoxy) is 2. The van der Waals surface area contributed by atoms with Crippen LogP contribution in [-0.2, 0) is 19.1 Å². The lowest BCUT2D eigenvalue weighted by atomic mass is 10.0. The van der Waals surface area contributed by atoms with Gasteiger partial charge < -0.3 is 14.6 Å². The van der Waals surface area contributed by atoms with Gasteiger partial charge in [0.2, 0.25) is 0 Å². The van der Waals surface area contributed by atoms with Gasteiger partial charge in [0.05, 0.1) is 6.61 Å². The van der Waals surface area contributed by atoms with Gasteiger partial charge in [0.15, 0.2) is 6.10 Å². The van der Waals surface area contributed by atoms with E-state index in [-0.39, 0.29) is 25.2 Å². The number of esters is 2. The molecule has 0 rings (SSSR count). The van der Waals surface area contributed by atoms with Crippen molar-refractivity contribution in [3.63, 3.8) is 0 Å². The Bertz CT molecular complexity index is 780. The van der Waals surface area contributed by atoms with Gasteiger partial charge >= 0.3 is 11.9 Å². The lowest BCUT2D eigenvalue weighted by Gasteiger charge is -2.15. The molecule has 0 aliphatic rings. The van der Waals surface area contributed by atoms with Gasteiger partial charge in [-0.2, -0.15) is 0 Å². The molecule has 0 spiro atoms. The first-order chi connectivity index (χ1) is 26.6. The monoisotopic (exact) mass is 763 g/mol. The largest absolute Gasteiger partial charge is 0.462 e. The summed E-state index contributed by atoms with van der Waals surface area (Å²) in [6.07, 6.45) is 54.5. The zero-order chi connectivity index (χ0) is 39.3. The fourth-order valence-corrected chi connectivity index (χ4v) is 7.38. The Hall–Kier alpha value is -1.36. The van der Waals surface area contributed by atoms with E-state index in [4.69, 9.17) is 9.47 Å². The van der Waals surface area contributed by atoms with Crippen molar-refractivity contribution in [2.24, 2.45) is 0 Å². The van der Waals surface area contributed by atoms with Crippen LogP contribution in [0.4, 0.5) is 0 Å². The van der Waals surface area contributed by atoms with E-state index in [0.717, 1.165) is 38.5 Å². The molecule has 0 aromatic heterocycles. The van der Waals surface area contributed by atoms with E-state index >= 15 is 0 Å². The number of rotatable bonds is 45. The highest BCUT2D eigenvalue weighted by molar-refractivity contribution is 5.70. The van der Waals surface area contributed by atoms with Gasteiger partial charge in [-0.3, -0.25) is 9.59 Å². The van der Waals surface area contributed by atoms with Gasteiger partial charge in [-0.1, -0.05) is 231 Å². The first-order valence-corrected chi connectivity index (χ1v) is 24.2. The smallest absolute Gasteiger partial charge is 0.306 e. The lowest BCUT2D eigenvalue weighted by molar-refractivity contribution is -0.161. The molecule has 1 atom stereocenters. The number of unbranched alkanes of at least 4 members (excludes halogenated alkanes) is 35. The Kier molecular flexibility index (Phi) is 44.9. The Labute approximate surface area is 337 Å². The van der Waals surface area contributed by atoms with E-state index < -0.39 is 6.10 Å². The van der Waals surface area contributed by atoms with Gasteiger partial charge in [0, 0.05) is 12.8 Å². The lowest BCUT2D eigenvalue weighted by Crippen LogP contribution is -2.28. The summed E-state index contributed by atoms with van der Waals surface area (Å²) in [6.45, 7) is 4.17. The summed E-state index contributed by atoms with van der Waals surface area (Å²) in [7, 11) is 0. The third kappa shape index (κ3) is 43.4. The second kappa shape index (κ2) is 46.0. The van der Waals surface area contributed by atoms with Crippen molar-refractivity contribution in [3.05, 3.63) is 12.2 Å². The number of aliphatic hydroxyl groups excluding tert-OH is 1. The van der Waals surface area contributed by atoms with Gasteiger partial charge in [0.25, 0.3) is 0 Å². The van der Waals surface area contributed by atoms with Crippen molar-refractivity contribution in [1.29, 1.82) is 0 Å². The molecule has 0 saturated heterocycles.